The number of rotatable bonds is 10. The minimum atomic E-state index is -5.11. The molecule has 13 heteroatoms. The first-order chi connectivity index (χ1) is 20.4. The number of nitrogens with zero attached hydrogens (tertiary/aromatic N) is 1. The third kappa shape index (κ3) is 7.07. The Morgan fingerprint density at radius 3 is 2.44 bits per heavy atom. The summed E-state index contributed by atoms with van der Waals surface area (Å²) in [5.41, 5.74) is 1.44. The van der Waals surface area contributed by atoms with Gasteiger partial charge in [0.1, 0.15) is 17.5 Å². The standard InChI is InChI=1S/C30H27ClF4N2O6/c1-41-22-11-21(12-23(13-22)42-15-16-8-19(9-16)29(39)40)36-27(17-2-4-20(31)5-3-17)28(38)37-7-6-18-10-24(32)26(14-25(18)37)43-30(33,34)35/h2-5,10-14,16,19,27,36H,6-9,15H2,1H3,(H,39,40)/t16?,19?,27-/m0/s1. The molecular weight excluding hydrogens is 596 g/mol. The zero-order valence-electron chi connectivity index (χ0n) is 22.8. The average Bonchev–Trinajstić information content (AvgIpc) is 3.32. The molecule has 0 radical (unpaired) electrons. The molecular formula is C30H27ClF4N2O6. The largest absolute Gasteiger partial charge is 0.573 e. The Labute approximate surface area is 249 Å². The number of methoxy groups -OCH3 is 1. The summed E-state index contributed by atoms with van der Waals surface area (Å²) in [6, 6.07) is 12.2. The number of halogens is 5. The molecule has 3 aromatic carbocycles. The number of benzene rings is 3. The molecule has 1 saturated carbocycles. The predicted octanol–water partition coefficient (Wildman–Crippen LogP) is 6.62. The molecule has 0 aromatic heterocycles. The van der Waals surface area contributed by atoms with Crippen LogP contribution in [-0.2, 0) is 16.0 Å². The number of ether oxygens (including phenoxy) is 3. The van der Waals surface area contributed by atoms with Crippen molar-refractivity contribution in [2.75, 3.05) is 30.5 Å². The highest BCUT2D eigenvalue weighted by Gasteiger charge is 2.37. The van der Waals surface area contributed by atoms with E-state index in [-0.39, 0.29) is 30.5 Å². The van der Waals surface area contributed by atoms with Gasteiger partial charge in [-0.2, -0.15) is 0 Å². The zero-order valence-corrected chi connectivity index (χ0v) is 23.5. The van der Waals surface area contributed by atoms with Crippen molar-refractivity contribution in [2.45, 2.75) is 31.7 Å². The molecule has 3 aromatic rings. The van der Waals surface area contributed by atoms with E-state index in [1.807, 2.05) is 0 Å². The van der Waals surface area contributed by atoms with Gasteiger partial charge in [-0.25, -0.2) is 4.39 Å². The van der Waals surface area contributed by atoms with Crippen molar-refractivity contribution < 1.29 is 46.5 Å². The summed E-state index contributed by atoms with van der Waals surface area (Å²) < 4.78 is 68.2. The van der Waals surface area contributed by atoms with E-state index >= 15 is 0 Å². The number of anilines is 2. The molecule has 43 heavy (non-hydrogen) atoms. The van der Waals surface area contributed by atoms with Gasteiger partial charge in [0, 0.05) is 41.5 Å². The molecule has 5 rings (SSSR count). The second-order valence-corrected chi connectivity index (χ2v) is 10.8. The number of amides is 1. The second-order valence-electron chi connectivity index (χ2n) is 10.4. The molecule has 1 amide bonds. The van der Waals surface area contributed by atoms with Crippen LogP contribution < -0.4 is 24.4 Å². The molecule has 228 valence electrons. The third-order valence-corrected chi connectivity index (χ3v) is 7.72. The molecule has 0 unspecified atom stereocenters. The topological polar surface area (TPSA) is 97.3 Å². The Morgan fingerprint density at radius 2 is 1.79 bits per heavy atom. The Balaban J connectivity index is 1.41. The Kier molecular flexibility index (Phi) is 8.59. The summed E-state index contributed by atoms with van der Waals surface area (Å²) in [5.74, 6) is -2.96. The van der Waals surface area contributed by atoms with Gasteiger partial charge in [-0.05, 0) is 54.5 Å². The molecule has 1 atom stereocenters. The lowest BCUT2D eigenvalue weighted by molar-refractivity contribution is -0.275. The van der Waals surface area contributed by atoms with Crippen molar-refractivity contribution in [2.24, 2.45) is 11.8 Å². The van der Waals surface area contributed by atoms with E-state index < -0.39 is 35.8 Å². The smallest absolute Gasteiger partial charge is 0.497 e. The molecule has 0 saturated heterocycles. The van der Waals surface area contributed by atoms with E-state index in [9.17, 15) is 27.2 Å². The highest BCUT2D eigenvalue weighted by atomic mass is 35.5. The van der Waals surface area contributed by atoms with Gasteiger partial charge in [-0.15, -0.1) is 13.2 Å². The van der Waals surface area contributed by atoms with E-state index in [0.29, 0.717) is 52.8 Å². The number of aliphatic carboxylic acids is 1. The number of carbonyl (C=O) groups excluding carboxylic acids is 1. The van der Waals surface area contributed by atoms with Gasteiger partial charge in [0.15, 0.2) is 11.6 Å². The van der Waals surface area contributed by atoms with Crippen LogP contribution in [0.15, 0.2) is 54.6 Å². The molecule has 0 bridgehead atoms. The molecule has 1 heterocycles. The van der Waals surface area contributed by atoms with Gasteiger partial charge in [-0.1, -0.05) is 23.7 Å². The Hall–Kier alpha value is -4.19. The Morgan fingerprint density at radius 1 is 1.09 bits per heavy atom. The first-order valence-corrected chi connectivity index (χ1v) is 13.7. The fourth-order valence-electron chi connectivity index (χ4n) is 5.23. The van der Waals surface area contributed by atoms with Gasteiger partial charge >= 0.3 is 12.3 Å². The van der Waals surface area contributed by atoms with Crippen LogP contribution in [0.1, 0.15) is 30.0 Å². The molecule has 1 fully saturated rings. The number of hydrogen-bond donors (Lipinski definition) is 2. The van der Waals surface area contributed by atoms with Gasteiger partial charge in [0.25, 0.3) is 5.91 Å². The van der Waals surface area contributed by atoms with E-state index in [2.05, 4.69) is 10.1 Å². The quantitative estimate of drug-likeness (QED) is 0.245. The van der Waals surface area contributed by atoms with E-state index in [1.54, 1.807) is 42.5 Å². The van der Waals surface area contributed by atoms with Gasteiger partial charge < -0.3 is 29.5 Å². The lowest BCUT2D eigenvalue weighted by Crippen LogP contribution is -2.37. The minimum Gasteiger partial charge on any atom is -0.497 e. The summed E-state index contributed by atoms with van der Waals surface area (Å²) in [7, 11) is 1.47. The first-order valence-electron chi connectivity index (χ1n) is 13.4. The van der Waals surface area contributed by atoms with Gasteiger partial charge in [-0.3, -0.25) is 9.59 Å². The fraction of sp³-hybridized carbons (Fsp3) is 0.333. The second kappa shape index (κ2) is 12.2. The molecule has 2 N–H and O–H groups in total. The normalized spacial score (nSPS) is 18.3. The van der Waals surface area contributed by atoms with Crippen molar-refractivity contribution in [1.29, 1.82) is 0 Å². The highest BCUT2D eigenvalue weighted by molar-refractivity contribution is 6.30. The van der Waals surface area contributed by atoms with Crippen LogP contribution in [0.4, 0.5) is 28.9 Å². The lowest BCUT2D eigenvalue weighted by Gasteiger charge is -2.32. The van der Waals surface area contributed by atoms with Crippen molar-refractivity contribution in [3.8, 4) is 17.2 Å². The zero-order chi connectivity index (χ0) is 30.9. The SMILES string of the molecule is COc1cc(N[C@H](C(=O)N2CCc3cc(F)c(OC(F)(F)F)cc32)c2ccc(Cl)cc2)cc(OCC2CC(C(=O)O)C2)c1. The minimum absolute atomic E-state index is 0.0957. The Bertz CT molecular complexity index is 1510. The molecule has 1 aliphatic heterocycles. The lowest BCUT2D eigenvalue weighted by atomic mass is 9.75. The molecule has 0 spiro atoms. The number of carboxylic acids is 1. The number of hydrogen-bond acceptors (Lipinski definition) is 6. The van der Waals surface area contributed by atoms with E-state index in [4.69, 9.17) is 26.2 Å². The number of carbonyl (C=O) groups is 2. The molecule has 2 aliphatic rings. The monoisotopic (exact) mass is 622 g/mol. The van der Waals surface area contributed by atoms with Crippen molar-refractivity contribution in [1.82, 2.24) is 0 Å². The van der Waals surface area contributed by atoms with Crippen LogP contribution in [0.2, 0.25) is 5.02 Å². The van der Waals surface area contributed by atoms with Crippen LogP contribution >= 0.6 is 11.6 Å². The molecule has 8 nitrogen and oxygen atoms in total. The number of fused-ring (bicyclic) bond motifs is 1. The van der Waals surface area contributed by atoms with Gasteiger partial charge in [0.2, 0.25) is 0 Å². The summed E-state index contributed by atoms with van der Waals surface area (Å²) in [4.78, 5) is 26.4. The fourth-order valence-corrected chi connectivity index (χ4v) is 5.35. The van der Waals surface area contributed by atoms with Crippen LogP contribution in [0.25, 0.3) is 0 Å². The van der Waals surface area contributed by atoms with Crippen molar-refractivity contribution >= 4 is 34.9 Å². The highest BCUT2D eigenvalue weighted by Crippen LogP contribution is 2.39. The third-order valence-electron chi connectivity index (χ3n) is 7.47. The summed E-state index contributed by atoms with van der Waals surface area (Å²) in [6.45, 7) is 0.416. The summed E-state index contributed by atoms with van der Waals surface area (Å²) in [6.07, 6.45) is -3.83. The number of alkyl halides is 3. The molecule has 1 aliphatic carbocycles. The van der Waals surface area contributed by atoms with E-state index in [0.717, 1.165) is 12.1 Å². The van der Waals surface area contributed by atoms with E-state index in [1.165, 1.54) is 12.0 Å². The maximum atomic E-state index is 14.4. The van der Waals surface area contributed by atoms with Gasteiger partial charge in [0.05, 0.1) is 25.3 Å². The maximum Gasteiger partial charge on any atom is 0.573 e. The first kappa shape index (κ1) is 30.3. The van der Waals surface area contributed by atoms with Crippen molar-refractivity contribution in [3.05, 3.63) is 76.6 Å². The summed E-state index contributed by atoms with van der Waals surface area (Å²) >= 11 is 6.08. The summed E-state index contributed by atoms with van der Waals surface area (Å²) in [5, 5.41) is 12.7. The van der Waals surface area contributed by atoms with Crippen LogP contribution in [0.3, 0.4) is 0 Å². The van der Waals surface area contributed by atoms with Crippen molar-refractivity contribution in [3.63, 3.8) is 0 Å². The average molecular weight is 623 g/mol. The van der Waals surface area contributed by atoms with Crippen LogP contribution in [0, 0.1) is 17.7 Å². The number of carboxylic acid groups (broad SMARTS) is 1. The van der Waals surface area contributed by atoms with Crippen LogP contribution in [-0.4, -0.2) is 43.6 Å². The predicted molar refractivity (Wildman–Crippen MR) is 149 cm³/mol. The van der Waals surface area contributed by atoms with Crippen LogP contribution in [0.5, 0.6) is 17.2 Å². The maximum absolute atomic E-state index is 14.4. The number of nitrogens with one attached hydrogen (secondary N) is 1.